The molecule has 0 fully saturated rings. The molecule has 1 unspecified atom stereocenters. The maximum absolute atomic E-state index is 12.6. The van der Waals surface area contributed by atoms with Crippen LogP contribution < -0.4 is 9.64 Å². The van der Waals surface area contributed by atoms with Crippen LogP contribution in [0.5, 0.6) is 5.75 Å². The highest BCUT2D eigenvalue weighted by atomic mass is 16.5. The first kappa shape index (κ1) is 13.7. The number of para-hydroxylation sites is 2. The first-order valence-corrected chi connectivity index (χ1v) is 7.18. The maximum Gasteiger partial charge on any atom is 0.229 e. The Hall–Kier alpha value is -2.30. The Labute approximate surface area is 124 Å². The van der Waals surface area contributed by atoms with Crippen molar-refractivity contribution in [2.24, 2.45) is 0 Å². The third-order valence-corrected chi connectivity index (χ3v) is 3.63. The first-order chi connectivity index (χ1) is 10.1. The fourth-order valence-electron chi connectivity index (χ4n) is 2.60. The first-order valence-electron chi connectivity index (χ1n) is 7.18. The molecule has 2 heterocycles. The molecule has 1 aliphatic heterocycles. The predicted octanol–water partition coefficient (Wildman–Crippen LogP) is 2.40. The van der Waals surface area contributed by atoms with E-state index in [-0.39, 0.29) is 11.9 Å². The van der Waals surface area contributed by atoms with E-state index in [1.54, 1.807) is 6.20 Å². The number of amides is 1. The zero-order valence-electron chi connectivity index (χ0n) is 12.3. The Morgan fingerprint density at radius 3 is 3.00 bits per heavy atom. The van der Waals surface area contributed by atoms with Crippen LogP contribution in [-0.2, 0) is 11.3 Å². The molecule has 0 spiro atoms. The summed E-state index contributed by atoms with van der Waals surface area (Å²) in [6.45, 7) is 5.13. The van der Waals surface area contributed by atoms with E-state index < -0.39 is 0 Å². The van der Waals surface area contributed by atoms with Crippen molar-refractivity contribution in [2.45, 2.75) is 32.9 Å². The SMILES string of the molecule is Cc1cnn(CCC(=O)N2c3ccccc3OCC2C)c1. The molecule has 2 aromatic rings. The van der Waals surface area contributed by atoms with Gasteiger partial charge in [0.1, 0.15) is 12.4 Å². The van der Waals surface area contributed by atoms with E-state index in [0.29, 0.717) is 19.6 Å². The quantitative estimate of drug-likeness (QED) is 0.870. The lowest BCUT2D eigenvalue weighted by molar-refractivity contribution is -0.119. The highest BCUT2D eigenvalue weighted by Gasteiger charge is 2.28. The number of carbonyl (C=O) groups excluding carboxylic acids is 1. The van der Waals surface area contributed by atoms with Crippen molar-refractivity contribution in [2.75, 3.05) is 11.5 Å². The normalized spacial score (nSPS) is 17.2. The van der Waals surface area contributed by atoms with Crippen LogP contribution in [0.1, 0.15) is 18.9 Å². The standard InChI is InChI=1S/C16H19N3O2/c1-12-9-17-18(10-12)8-7-16(20)19-13(2)11-21-15-6-4-3-5-14(15)19/h3-6,9-10,13H,7-8,11H2,1-2H3. The molecule has 1 aromatic heterocycles. The summed E-state index contributed by atoms with van der Waals surface area (Å²) in [6, 6.07) is 7.73. The number of nitrogens with zero attached hydrogens (tertiary/aromatic N) is 3. The topological polar surface area (TPSA) is 47.4 Å². The van der Waals surface area contributed by atoms with E-state index in [2.05, 4.69) is 5.10 Å². The van der Waals surface area contributed by atoms with Gasteiger partial charge in [-0.25, -0.2) is 0 Å². The summed E-state index contributed by atoms with van der Waals surface area (Å²) in [7, 11) is 0. The molecule has 5 nitrogen and oxygen atoms in total. The van der Waals surface area contributed by atoms with Gasteiger partial charge in [-0.05, 0) is 31.5 Å². The van der Waals surface area contributed by atoms with Crippen LogP contribution in [0.15, 0.2) is 36.7 Å². The van der Waals surface area contributed by atoms with Crippen molar-refractivity contribution in [3.63, 3.8) is 0 Å². The minimum Gasteiger partial charge on any atom is -0.489 e. The molecule has 5 heteroatoms. The monoisotopic (exact) mass is 285 g/mol. The summed E-state index contributed by atoms with van der Waals surface area (Å²) in [6.07, 6.45) is 4.18. The van der Waals surface area contributed by atoms with E-state index in [9.17, 15) is 4.79 Å². The number of aromatic nitrogens is 2. The van der Waals surface area contributed by atoms with Gasteiger partial charge in [0.2, 0.25) is 5.91 Å². The summed E-state index contributed by atoms with van der Waals surface area (Å²) in [5.74, 6) is 0.880. The summed E-state index contributed by atoms with van der Waals surface area (Å²) < 4.78 is 7.48. The molecular weight excluding hydrogens is 266 g/mol. The average molecular weight is 285 g/mol. The van der Waals surface area contributed by atoms with Crippen LogP contribution in [0.2, 0.25) is 0 Å². The van der Waals surface area contributed by atoms with Gasteiger partial charge in [-0.2, -0.15) is 5.10 Å². The lowest BCUT2D eigenvalue weighted by atomic mass is 10.1. The van der Waals surface area contributed by atoms with Crippen LogP contribution in [0.25, 0.3) is 0 Å². The average Bonchev–Trinajstić information content (AvgIpc) is 2.90. The third kappa shape index (κ3) is 2.77. The van der Waals surface area contributed by atoms with E-state index in [1.165, 1.54) is 0 Å². The lowest BCUT2D eigenvalue weighted by Crippen LogP contribution is -2.45. The molecule has 1 amide bonds. The number of benzene rings is 1. The van der Waals surface area contributed by atoms with Gasteiger partial charge in [0.25, 0.3) is 0 Å². The largest absolute Gasteiger partial charge is 0.489 e. The summed E-state index contributed by atoms with van der Waals surface area (Å²) >= 11 is 0. The maximum atomic E-state index is 12.6. The van der Waals surface area contributed by atoms with Gasteiger partial charge in [0.05, 0.1) is 17.9 Å². The van der Waals surface area contributed by atoms with Crippen molar-refractivity contribution in [1.29, 1.82) is 0 Å². The number of rotatable bonds is 3. The number of fused-ring (bicyclic) bond motifs is 1. The van der Waals surface area contributed by atoms with Gasteiger partial charge < -0.3 is 9.64 Å². The molecule has 1 aromatic carbocycles. The van der Waals surface area contributed by atoms with Crippen LogP contribution in [0.3, 0.4) is 0 Å². The second kappa shape index (κ2) is 5.60. The molecule has 110 valence electrons. The van der Waals surface area contributed by atoms with Crippen LogP contribution in [0, 0.1) is 6.92 Å². The molecule has 21 heavy (non-hydrogen) atoms. The minimum absolute atomic E-state index is 0.0479. The smallest absolute Gasteiger partial charge is 0.229 e. The predicted molar refractivity (Wildman–Crippen MR) is 80.5 cm³/mol. The van der Waals surface area contributed by atoms with Crippen LogP contribution in [0.4, 0.5) is 5.69 Å². The highest BCUT2D eigenvalue weighted by Crippen LogP contribution is 2.33. The number of carbonyl (C=O) groups is 1. The van der Waals surface area contributed by atoms with Crippen molar-refractivity contribution in [3.8, 4) is 5.75 Å². The number of hydrogen-bond acceptors (Lipinski definition) is 3. The second-order valence-electron chi connectivity index (χ2n) is 5.42. The van der Waals surface area contributed by atoms with Gasteiger partial charge in [0, 0.05) is 19.2 Å². The van der Waals surface area contributed by atoms with Gasteiger partial charge in [-0.3, -0.25) is 9.48 Å². The molecule has 0 bridgehead atoms. The lowest BCUT2D eigenvalue weighted by Gasteiger charge is -2.35. The van der Waals surface area contributed by atoms with Crippen LogP contribution >= 0.6 is 0 Å². The Balaban J connectivity index is 1.74. The fourth-order valence-corrected chi connectivity index (χ4v) is 2.60. The number of hydrogen-bond donors (Lipinski definition) is 0. The molecule has 0 aliphatic carbocycles. The Kier molecular flexibility index (Phi) is 3.64. The molecular formula is C16H19N3O2. The van der Waals surface area contributed by atoms with Crippen molar-refractivity contribution < 1.29 is 9.53 Å². The highest BCUT2D eigenvalue weighted by molar-refractivity contribution is 5.95. The minimum atomic E-state index is 0.0479. The van der Waals surface area contributed by atoms with E-state index in [1.807, 2.05) is 53.9 Å². The Morgan fingerprint density at radius 2 is 2.24 bits per heavy atom. The third-order valence-electron chi connectivity index (χ3n) is 3.63. The molecule has 0 saturated carbocycles. The van der Waals surface area contributed by atoms with Gasteiger partial charge in [-0.15, -0.1) is 0 Å². The molecule has 1 aliphatic rings. The zero-order valence-corrected chi connectivity index (χ0v) is 12.3. The van der Waals surface area contributed by atoms with E-state index >= 15 is 0 Å². The number of anilines is 1. The zero-order chi connectivity index (χ0) is 14.8. The molecule has 0 radical (unpaired) electrons. The molecule has 0 N–H and O–H groups in total. The summed E-state index contributed by atoms with van der Waals surface area (Å²) in [4.78, 5) is 14.4. The molecule has 0 saturated heterocycles. The second-order valence-corrected chi connectivity index (χ2v) is 5.42. The molecule has 3 rings (SSSR count). The van der Waals surface area contributed by atoms with Crippen molar-refractivity contribution in [3.05, 3.63) is 42.2 Å². The van der Waals surface area contributed by atoms with E-state index in [0.717, 1.165) is 17.0 Å². The Morgan fingerprint density at radius 1 is 1.43 bits per heavy atom. The van der Waals surface area contributed by atoms with Crippen molar-refractivity contribution in [1.82, 2.24) is 9.78 Å². The summed E-state index contributed by atoms with van der Waals surface area (Å²) in [5, 5.41) is 4.22. The van der Waals surface area contributed by atoms with Crippen LogP contribution in [-0.4, -0.2) is 28.3 Å². The Bertz CT molecular complexity index is 650. The van der Waals surface area contributed by atoms with Gasteiger partial charge >= 0.3 is 0 Å². The number of aryl methyl sites for hydroxylation is 2. The molecule has 1 atom stereocenters. The van der Waals surface area contributed by atoms with Gasteiger partial charge in [0.15, 0.2) is 0 Å². The van der Waals surface area contributed by atoms with Gasteiger partial charge in [-0.1, -0.05) is 12.1 Å². The van der Waals surface area contributed by atoms with E-state index in [4.69, 9.17) is 4.74 Å². The fraction of sp³-hybridized carbons (Fsp3) is 0.375. The number of ether oxygens (including phenoxy) is 1. The summed E-state index contributed by atoms with van der Waals surface area (Å²) in [5.41, 5.74) is 1.96. The van der Waals surface area contributed by atoms with Crippen molar-refractivity contribution >= 4 is 11.6 Å².